The number of halogens is 2. The first kappa shape index (κ1) is 18.6. The van der Waals surface area contributed by atoms with Gasteiger partial charge in [0.25, 0.3) is 0 Å². The monoisotopic (exact) mass is 360 g/mol. The third-order valence-electron chi connectivity index (χ3n) is 3.77. The molecule has 2 rings (SSSR count). The lowest BCUT2D eigenvalue weighted by atomic mass is 9.86. The zero-order valence-electron chi connectivity index (χ0n) is 13.8. The molecule has 1 fully saturated rings. The van der Waals surface area contributed by atoms with Crippen LogP contribution in [0, 0.1) is 5.92 Å². The first-order valence-electron chi connectivity index (χ1n) is 7.85. The predicted molar refractivity (Wildman–Crippen MR) is 89.8 cm³/mol. The molecule has 8 heteroatoms. The van der Waals surface area contributed by atoms with Gasteiger partial charge in [-0.15, -0.1) is 0 Å². The highest BCUT2D eigenvalue weighted by molar-refractivity contribution is 7.92. The Labute approximate surface area is 141 Å². The summed E-state index contributed by atoms with van der Waals surface area (Å²) in [5.41, 5.74) is 0.943. The smallest absolute Gasteiger partial charge is 0.248 e. The number of hydrogen-bond donors (Lipinski definition) is 1. The van der Waals surface area contributed by atoms with E-state index in [0.717, 1.165) is 6.26 Å². The van der Waals surface area contributed by atoms with Crippen molar-refractivity contribution in [2.24, 2.45) is 5.92 Å². The summed E-state index contributed by atoms with van der Waals surface area (Å²) < 4.78 is 56.8. The molecule has 1 aliphatic carbocycles. The minimum Gasteiger partial charge on any atom is -0.478 e. The molecule has 0 saturated heterocycles. The summed E-state index contributed by atoms with van der Waals surface area (Å²) in [7, 11) is -3.41. The molecule has 1 aliphatic rings. The zero-order valence-corrected chi connectivity index (χ0v) is 14.6. The molecule has 5 nitrogen and oxygen atoms in total. The molecule has 134 valence electrons. The molecular formula is C16H22F2N2O3S. The maximum Gasteiger partial charge on any atom is 0.248 e. The molecule has 0 amide bonds. The summed E-state index contributed by atoms with van der Waals surface area (Å²) in [5.74, 6) is -2.10. The highest BCUT2D eigenvalue weighted by atomic mass is 32.2. The fourth-order valence-corrected chi connectivity index (χ4v) is 3.15. The molecule has 0 aliphatic heterocycles. The molecule has 0 spiro atoms. The van der Waals surface area contributed by atoms with Gasteiger partial charge >= 0.3 is 0 Å². The summed E-state index contributed by atoms with van der Waals surface area (Å²) in [6.45, 7) is 2.24. The van der Waals surface area contributed by atoms with Crippen molar-refractivity contribution in [2.75, 3.05) is 17.6 Å². The highest BCUT2D eigenvalue weighted by Crippen LogP contribution is 2.37. The second-order valence-corrected chi connectivity index (χ2v) is 7.73. The Hall–Kier alpha value is -1.70. The number of hydrogen-bond acceptors (Lipinski definition) is 4. The Morgan fingerprint density at radius 1 is 1.42 bits per heavy atom. The van der Waals surface area contributed by atoms with E-state index >= 15 is 0 Å². The van der Waals surface area contributed by atoms with Gasteiger partial charge in [0.1, 0.15) is 0 Å². The Balaban J connectivity index is 2.16. The fourth-order valence-electron chi connectivity index (χ4n) is 2.61. The summed E-state index contributed by atoms with van der Waals surface area (Å²) in [6, 6.07) is 1.62. The van der Waals surface area contributed by atoms with Crippen LogP contribution >= 0.6 is 0 Å². The van der Waals surface area contributed by atoms with Gasteiger partial charge in [0.05, 0.1) is 24.7 Å². The summed E-state index contributed by atoms with van der Waals surface area (Å²) >= 11 is 0. The highest BCUT2D eigenvalue weighted by Gasteiger charge is 2.33. The molecule has 24 heavy (non-hydrogen) atoms. The molecule has 0 aromatic carbocycles. The van der Waals surface area contributed by atoms with Crippen LogP contribution in [-0.4, -0.2) is 32.2 Å². The van der Waals surface area contributed by atoms with Crippen LogP contribution in [0.4, 0.5) is 14.5 Å². The van der Waals surface area contributed by atoms with Crippen molar-refractivity contribution in [1.82, 2.24) is 4.98 Å². The number of sulfonamides is 1. The molecule has 1 saturated carbocycles. The molecule has 0 atom stereocenters. The molecule has 1 heterocycles. The average Bonchev–Trinajstić information content (AvgIpc) is 2.47. The lowest BCUT2D eigenvalue weighted by Crippen LogP contribution is -2.23. The number of pyridine rings is 1. The second-order valence-electron chi connectivity index (χ2n) is 5.98. The van der Waals surface area contributed by atoms with Crippen molar-refractivity contribution in [2.45, 2.75) is 38.5 Å². The van der Waals surface area contributed by atoms with Gasteiger partial charge in [-0.2, -0.15) is 0 Å². The Morgan fingerprint density at radius 3 is 2.67 bits per heavy atom. The quantitative estimate of drug-likeness (QED) is 0.840. The number of alkyl halides is 2. The minimum absolute atomic E-state index is 0.0747. The van der Waals surface area contributed by atoms with Crippen LogP contribution in [0.25, 0.3) is 6.08 Å². The van der Waals surface area contributed by atoms with E-state index in [0.29, 0.717) is 36.6 Å². The summed E-state index contributed by atoms with van der Waals surface area (Å²) in [5, 5.41) is 0. The minimum atomic E-state index is -3.41. The normalized spacial score (nSPS) is 18.7. The molecule has 1 aromatic rings. The van der Waals surface area contributed by atoms with Crippen molar-refractivity contribution >= 4 is 21.8 Å². The summed E-state index contributed by atoms with van der Waals surface area (Å²) in [4.78, 5) is 4.12. The van der Waals surface area contributed by atoms with E-state index in [9.17, 15) is 17.2 Å². The number of rotatable bonds is 6. The molecule has 1 N–H and O–H groups in total. The van der Waals surface area contributed by atoms with E-state index in [-0.39, 0.29) is 18.8 Å². The van der Waals surface area contributed by atoms with E-state index in [1.807, 2.05) is 13.0 Å². The standard InChI is InChI=1S/C16H22F2N2O3S/c1-3-23-15-13(10-14(11-19-15)20-24(2,21)22)5-4-12-6-8-16(17,18)9-7-12/h4-5,10-12,20H,3,6-9H2,1-2H3/b5-4+. The first-order chi connectivity index (χ1) is 11.2. The third-order valence-corrected chi connectivity index (χ3v) is 4.38. The van der Waals surface area contributed by atoms with Gasteiger partial charge in [-0.1, -0.05) is 12.2 Å². The van der Waals surface area contributed by atoms with E-state index in [1.165, 1.54) is 6.20 Å². The van der Waals surface area contributed by atoms with Gasteiger partial charge in [-0.3, -0.25) is 4.72 Å². The van der Waals surface area contributed by atoms with Crippen molar-refractivity contribution < 1.29 is 21.9 Å². The maximum absolute atomic E-state index is 13.2. The SMILES string of the molecule is CCOc1ncc(NS(C)(=O)=O)cc1/C=C/C1CCC(F)(F)CC1. The van der Waals surface area contributed by atoms with Crippen molar-refractivity contribution in [3.8, 4) is 5.88 Å². The predicted octanol–water partition coefficient (Wildman–Crippen LogP) is 3.69. The van der Waals surface area contributed by atoms with Gasteiger partial charge in [-0.25, -0.2) is 22.2 Å². The van der Waals surface area contributed by atoms with Crippen LogP contribution in [-0.2, 0) is 10.0 Å². The van der Waals surface area contributed by atoms with Crippen molar-refractivity contribution in [3.63, 3.8) is 0 Å². The van der Waals surface area contributed by atoms with Gasteiger partial charge in [0.15, 0.2) is 0 Å². The molecule has 0 radical (unpaired) electrons. The lowest BCUT2D eigenvalue weighted by molar-refractivity contribution is -0.0410. The number of nitrogens with zero attached hydrogens (tertiary/aromatic N) is 1. The van der Waals surface area contributed by atoms with E-state index < -0.39 is 15.9 Å². The second kappa shape index (κ2) is 7.46. The molecular weight excluding hydrogens is 338 g/mol. The fraction of sp³-hybridized carbons (Fsp3) is 0.562. The van der Waals surface area contributed by atoms with Gasteiger partial charge in [-0.05, 0) is 31.7 Å². The molecule has 0 unspecified atom stereocenters. The zero-order chi connectivity index (χ0) is 17.8. The Kier molecular flexibility index (Phi) is 5.79. The van der Waals surface area contributed by atoms with Crippen LogP contribution < -0.4 is 9.46 Å². The van der Waals surface area contributed by atoms with Gasteiger partial charge in [0.2, 0.25) is 21.8 Å². The number of nitrogens with one attached hydrogen (secondary N) is 1. The lowest BCUT2D eigenvalue weighted by Gasteiger charge is -2.26. The van der Waals surface area contributed by atoms with Gasteiger partial charge < -0.3 is 4.74 Å². The van der Waals surface area contributed by atoms with E-state index in [4.69, 9.17) is 4.74 Å². The average molecular weight is 360 g/mol. The summed E-state index contributed by atoms with van der Waals surface area (Å²) in [6.07, 6.45) is 6.73. The van der Waals surface area contributed by atoms with Crippen LogP contribution in [0.5, 0.6) is 5.88 Å². The van der Waals surface area contributed by atoms with E-state index in [2.05, 4.69) is 9.71 Å². The van der Waals surface area contributed by atoms with E-state index in [1.54, 1.807) is 12.1 Å². The van der Waals surface area contributed by atoms with Gasteiger partial charge in [0, 0.05) is 18.4 Å². The maximum atomic E-state index is 13.2. The Morgan fingerprint density at radius 2 is 2.08 bits per heavy atom. The number of ether oxygens (including phenoxy) is 1. The number of aromatic nitrogens is 1. The topological polar surface area (TPSA) is 68.3 Å². The van der Waals surface area contributed by atoms with Crippen molar-refractivity contribution in [1.29, 1.82) is 0 Å². The number of allylic oxidation sites excluding steroid dienone is 1. The van der Waals surface area contributed by atoms with Crippen LogP contribution in [0.2, 0.25) is 0 Å². The van der Waals surface area contributed by atoms with Crippen molar-refractivity contribution in [3.05, 3.63) is 23.9 Å². The largest absolute Gasteiger partial charge is 0.478 e. The van der Waals surface area contributed by atoms with Crippen LogP contribution in [0.15, 0.2) is 18.3 Å². The molecule has 1 aromatic heterocycles. The molecule has 0 bridgehead atoms. The van der Waals surface area contributed by atoms with Crippen LogP contribution in [0.3, 0.4) is 0 Å². The number of anilines is 1. The first-order valence-corrected chi connectivity index (χ1v) is 9.74. The van der Waals surface area contributed by atoms with Crippen LogP contribution in [0.1, 0.15) is 38.2 Å². The third kappa shape index (κ3) is 5.74. The Bertz CT molecular complexity index is 695.